The van der Waals surface area contributed by atoms with E-state index < -0.39 is 0 Å². The molecule has 2 nitrogen and oxygen atoms in total. The number of halogens is 2. The van der Waals surface area contributed by atoms with Crippen LogP contribution in [0.1, 0.15) is 31.4 Å². The van der Waals surface area contributed by atoms with Crippen molar-refractivity contribution < 1.29 is 4.79 Å². The van der Waals surface area contributed by atoms with Crippen molar-refractivity contribution in [1.29, 1.82) is 0 Å². The molecule has 1 aliphatic rings. The maximum atomic E-state index is 12.0. The summed E-state index contributed by atoms with van der Waals surface area (Å²) in [5.74, 6) is 0.0988. The summed E-state index contributed by atoms with van der Waals surface area (Å²) in [4.78, 5) is 13.8. The van der Waals surface area contributed by atoms with Crippen molar-refractivity contribution in [2.24, 2.45) is 0 Å². The van der Waals surface area contributed by atoms with Gasteiger partial charge in [-0.1, -0.05) is 31.5 Å². The summed E-state index contributed by atoms with van der Waals surface area (Å²) in [6, 6.07) is 3.92. The van der Waals surface area contributed by atoms with Gasteiger partial charge < -0.3 is 4.90 Å². The molecular weight excluding hydrogens is 269 g/mol. The molecule has 1 unspecified atom stereocenters. The fraction of sp³-hybridized carbons (Fsp3) is 0.500. The third kappa shape index (κ3) is 2.36. The lowest BCUT2D eigenvalue weighted by molar-refractivity contribution is -0.117. The lowest BCUT2D eigenvalue weighted by Gasteiger charge is -2.23. The maximum Gasteiger partial charge on any atom is 0.228 e. The first-order valence-electron chi connectivity index (χ1n) is 6.33. The minimum atomic E-state index is -0.0918. The van der Waals surface area contributed by atoms with Crippen LogP contribution in [0.5, 0.6) is 0 Å². The van der Waals surface area contributed by atoms with Crippen LogP contribution >= 0.6 is 23.2 Å². The Kier molecular flexibility index (Phi) is 4.18. The predicted molar refractivity (Wildman–Crippen MR) is 76.8 cm³/mol. The van der Waals surface area contributed by atoms with Gasteiger partial charge in [0.1, 0.15) is 0 Å². The minimum absolute atomic E-state index is 0.0918. The molecule has 1 atom stereocenters. The number of nitrogens with zero attached hydrogens (tertiary/aromatic N) is 1. The summed E-state index contributed by atoms with van der Waals surface area (Å²) in [5, 5.41) is 0.640. The van der Waals surface area contributed by atoms with E-state index in [0.717, 1.165) is 34.7 Å². The van der Waals surface area contributed by atoms with Crippen LogP contribution in [-0.2, 0) is 17.6 Å². The number of anilines is 1. The van der Waals surface area contributed by atoms with Crippen LogP contribution in [0.25, 0.3) is 0 Å². The van der Waals surface area contributed by atoms with Crippen LogP contribution in [-0.4, -0.2) is 17.8 Å². The molecule has 4 heteroatoms. The van der Waals surface area contributed by atoms with Crippen LogP contribution < -0.4 is 4.90 Å². The molecule has 0 radical (unpaired) electrons. The first kappa shape index (κ1) is 13.7. The van der Waals surface area contributed by atoms with Crippen molar-refractivity contribution in [2.45, 2.75) is 38.5 Å². The van der Waals surface area contributed by atoms with Crippen molar-refractivity contribution in [3.63, 3.8) is 0 Å². The molecule has 98 valence electrons. The monoisotopic (exact) mass is 285 g/mol. The summed E-state index contributed by atoms with van der Waals surface area (Å²) in [5.41, 5.74) is 3.20. The van der Waals surface area contributed by atoms with Crippen LogP contribution in [0, 0.1) is 0 Å². The molecule has 1 amide bonds. The van der Waals surface area contributed by atoms with Crippen molar-refractivity contribution in [2.75, 3.05) is 11.4 Å². The fourth-order valence-electron chi connectivity index (χ4n) is 2.50. The Bertz CT molecular complexity index is 473. The number of carbonyl (C=O) groups is 1. The van der Waals surface area contributed by atoms with Gasteiger partial charge in [-0.3, -0.25) is 4.79 Å². The Hall–Kier alpha value is -0.730. The zero-order valence-electron chi connectivity index (χ0n) is 10.7. The molecule has 1 heterocycles. The van der Waals surface area contributed by atoms with Crippen molar-refractivity contribution in [3.8, 4) is 0 Å². The zero-order valence-corrected chi connectivity index (χ0v) is 12.2. The van der Waals surface area contributed by atoms with Gasteiger partial charge in [0.25, 0.3) is 0 Å². The van der Waals surface area contributed by atoms with Crippen LogP contribution in [0.3, 0.4) is 0 Å². The van der Waals surface area contributed by atoms with E-state index in [-0.39, 0.29) is 11.3 Å². The summed E-state index contributed by atoms with van der Waals surface area (Å²) in [6.45, 7) is 4.73. The van der Waals surface area contributed by atoms with E-state index in [4.69, 9.17) is 23.2 Å². The average Bonchev–Trinajstić information content (AvgIpc) is 2.67. The number of benzene rings is 1. The molecular formula is C14H17Cl2NO. The van der Waals surface area contributed by atoms with Gasteiger partial charge in [0.05, 0.1) is 11.1 Å². The van der Waals surface area contributed by atoms with Crippen LogP contribution in [0.15, 0.2) is 12.1 Å². The fourth-order valence-corrected chi connectivity index (χ4v) is 3.05. The summed E-state index contributed by atoms with van der Waals surface area (Å²) >= 11 is 12.3. The van der Waals surface area contributed by atoms with Gasteiger partial charge >= 0.3 is 0 Å². The Balaban J connectivity index is 2.54. The van der Waals surface area contributed by atoms with Crippen molar-refractivity contribution in [3.05, 3.63) is 28.3 Å². The van der Waals surface area contributed by atoms with Gasteiger partial charge in [0, 0.05) is 18.0 Å². The van der Waals surface area contributed by atoms with Gasteiger partial charge in [-0.25, -0.2) is 0 Å². The summed E-state index contributed by atoms with van der Waals surface area (Å²) in [7, 11) is 0. The summed E-state index contributed by atoms with van der Waals surface area (Å²) in [6.07, 6.45) is 2.12. The first-order valence-corrected chi connectivity index (χ1v) is 7.14. The maximum absolute atomic E-state index is 12.0. The highest BCUT2D eigenvalue weighted by molar-refractivity contribution is 6.32. The zero-order chi connectivity index (χ0) is 13.3. The molecule has 1 saturated heterocycles. The molecule has 1 fully saturated rings. The molecule has 1 aromatic carbocycles. The lowest BCUT2D eigenvalue weighted by atomic mass is 10.0. The van der Waals surface area contributed by atoms with Gasteiger partial charge in [-0.05, 0) is 30.0 Å². The topological polar surface area (TPSA) is 20.3 Å². The summed E-state index contributed by atoms with van der Waals surface area (Å²) < 4.78 is 0. The van der Waals surface area contributed by atoms with E-state index in [1.165, 1.54) is 0 Å². The van der Waals surface area contributed by atoms with E-state index in [1.54, 1.807) is 4.90 Å². The smallest absolute Gasteiger partial charge is 0.228 e. The Morgan fingerprint density at radius 1 is 1.33 bits per heavy atom. The molecule has 18 heavy (non-hydrogen) atoms. The SMILES string of the molecule is CCc1ccc(Cl)c(CC)c1N1CC(Cl)CC1=O. The average molecular weight is 286 g/mol. The lowest BCUT2D eigenvalue weighted by Crippen LogP contribution is -2.27. The quantitative estimate of drug-likeness (QED) is 0.774. The number of rotatable bonds is 3. The second-order valence-corrected chi connectivity index (χ2v) is 5.57. The predicted octanol–water partition coefficient (Wildman–Crippen LogP) is 3.81. The molecule has 1 aromatic rings. The highest BCUT2D eigenvalue weighted by atomic mass is 35.5. The first-order chi connectivity index (χ1) is 8.58. The highest BCUT2D eigenvalue weighted by Gasteiger charge is 2.31. The molecule has 1 aliphatic heterocycles. The third-order valence-electron chi connectivity index (χ3n) is 3.39. The normalized spacial score (nSPS) is 19.7. The van der Waals surface area contributed by atoms with Gasteiger partial charge in [-0.2, -0.15) is 0 Å². The minimum Gasteiger partial charge on any atom is -0.310 e. The van der Waals surface area contributed by atoms with Crippen molar-refractivity contribution >= 4 is 34.8 Å². The Morgan fingerprint density at radius 2 is 2.06 bits per heavy atom. The number of amides is 1. The number of aryl methyl sites for hydroxylation is 1. The largest absolute Gasteiger partial charge is 0.310 e. The third-order valence-corrected chi connectivity index (χ3v) is 4.04. The molecule has 0 N–H and O–H groups in total. The molecule has 0 bridgehead atoms. The van der Waals surface area contributed by atoms with E-state index in [2.05, 4.69) is 13.8 Å². The molecule has 0 spiro atoms. The van der Waals surface area contributed by atoms with E-state index >= 15 is 0 Å². The Morgan fingerprint density at radius 3 is 2.56 bits per heavy atom. The van der Waals surface area contributed by atoms with Crippen LogP contribution in [0.4, 0.5) is 5.69 Å². The van der Waals surface area contributed by atoms with E-state index in [0.29, 0.717) is 13.0 Å². The number of hydrogen-bond donors (Lipinski definition) is 0. The highest BCUT2D eigenvalue weighted by Crippen LogP contribution is 2.35. The van der Waals surface area contributed by atoms with E-state index in [9.17, 15) is 4.79 Å². The molecule has 0 aliphatic carbocycles. The molecule has 2 rings (SSSR count). The number of alkyl halides is 1. The van der Waals surface area contributed by atoms with Gasteiger partial charge in [0.15, 0.2) is 0 Å². The van der Waals surface area contributed by atoms with Gasteiger partial charge in [-0.15, -0.1) is 11.6 Å². The number of hydrogen-bond acceptors (Lipinski definition) is 1. The standard InChI is InChI=1S/C14H17Cl2NO/c1-3-9-5-6-12(16)11(4-2)14(9)17-8-10(15)7-13(17)18/h5-6,10H,3-4,7-8H2,1-2H3. The van der Waals surface area contributed by atoms with Crippen LogP contribution in [0.2, 0.25) is 5.02 Å². The second kappa shape index (κ2) is 5.50. The number of carbonyl (C=O) groups excluding carboxylic acids is 1. The Labute approximate surface area is 118 Å². The molecule has 0 saturated carbocycles. The van der Waals surface area contributed by atoms with Crippen molar-refractivity contribution in [1.82, 2.24) is 0 Å². The second-order valence-electron chi connectivity index (χ2n) is 4.55. The van der Waals surface area contributed by atoms with E-state index in [1.807, 2.05) is 12.1 Å². The van der Waals surface area contributed by atoms with Gasteiger partial charge in [0.2, 0.25) is 5.91 Å². The molecule has 0 aromatic heterocycles.